The molecule has 3 aromatic heterocycles. The molecule has 3 aromatic rings. The van der Waals surface area contributed by atoms with Gasteiger partial charge in [0.25, 0.3) is 5.91 Å². The quantitative estimate of drug-likeness (QED) is 0.586. The lowest BCUT2D eigenvalue weighted by Crippen LogP contribution is -2.40. The van der Waals surface area contributed by atoms with Crippen LogP contribution in [0.2, 0.25) is 0 Å². The van der Waals surface area contributed by atoms with E-state index in [1.165, 1.54) is 4.40 Å². The number of pyridine rings is 1. The minimum Gasteiger partial charge on any atom is -0.368 e. The van der Waals surface area contributed by atoms with Gasteiger partial charge in [0.2, 0.25) is 0 Å². The van der Waals surface area contributed by atoms with Crippen LogP contribution in [-0.4, -0.2) is 37.6 Å². The number of hydrogen-bond donors (Lipinski definition) is 3. The van der Waals surface area contributed by atoms with Crippen molar-refractivity contribution in [2.45, 2.75) is 57.3 Å². The van der Waals surface area contributed by atoms with Crippen molar-refractivity contribution in [3.05, 3.63) is 47.5 Å². The summed E-state index contributed by atoms with van der Waals surface area (Å²) in [5.74, 6) is 0.453. The number of halogens is 3. The summed E-state index contributed by atoms with van der Waals surface area (Å²) < 4.78 is 40.4. The van der Waals surface area contributed by atoms with Gasteiger partial charge in [-0.1, -0.05) is 13.0 Å². The first kappa shape index (κ1) is 20.2. The molecule has 4 rings (SSSR count). The van der Waals surface area contributed by atoms with Gasteiger partial charge in [-0.3, -0.25) is 14.3 Å². The lowest BCUT2D eigenvalue weighted by atomic mass is 9.91. The third-order valence-corrected chi connectivity index (χ3v) is 5.51. The topological polar surface area (TPSA) is 87.1 Å². The molecule has 7 nitrogen and oxygen atoms in total. The molecule has 0 unspecified atom stereocenters. The molecular weight excluding hydrogens is 397 g/mol. The van der Waals surface area contributed by atoms with Crippen molar-refractivity contribution in [1.29, 1.82) is 0 Å². The van der Waals surface area contributed by atoms with Gasteiger partial charge in [0.1, 0.15) is 11.5 Å². The molecule has 3 N–H and O–H groups in total. The number of aryl methyl sites for hydroxylation is 1. The van der Waals surface area contributed by atoms with E-state index in [9.17, 15) is 18.0 Å². The molecule has 0 aromatic carbocycles. The van der Waals surface area contributed by atoms with Gasteiger partial charge in [0, 0.05) is 24.0 Å². The third kappa shape index (κ3) is 4.12. The Morgan fingerprint density at radius 3 is 2.67 bits per heavy atom. The van der Waals surface area contributed by atoms with Gasteiger partial charge in [-0.15, -0.1) is 0 Å². The second-order valence-corrected chi connectivity index (χ2v) is 7.55. The number of rotatable bonds is 5. The molecule has 0 spiro atoms. The number of alkyl halides is 3. The predicted octanol–water partition coefficient (Wildman–Crippen LogP) is 3.79. The van der Waals surface area contributed by atoms with E-state index in [0.29, 0.717) is 17.8 Å². The fraction of sp³-hybridized carbons (Fsp3) is 0.450. The van der Waals surface area contributed by atoms with E-state index in [1.54, 1.807) is 24.4 Å². The lowest BCUT2D eigenvalue weighted by molar-refractivity contribution is -0.140. The van der Waals surface area contributed by atoms with Crippen molar-refractivity contribution in [3.8, 4) is 0 Å². The normalized spacial score (nSPS) is 19.7. The number of fused-ring (bicyclic) bond motifs is 1. The molecule has 1 amide bonds. The Balaban J connectivity index is 1.37. The standard InChI is InChI=1S/C20H23F3N6O/c1-2-15-14(10-24-28-15)19(30)26-13-8-6-12(7-9-13)25-17-4-3-5-18-27-16(11-29(17)18)20(21,22)23/h3-5,10-13,25H,2,6-9H2,1H3,(H,24,28)(H,26,30). The first-order chi connectivity index (χ1) is 14.3. The van der Waals surface area contributed by atoms with Crippen LogP contribution in [0.25, 0.3) is 5.65 Å². The zero-order chi connectivity index (χ0) is 21.3. The van der Waals surface area contributed by atoms with E-state index in [4.69, 9.17) is 0 Å². The average Bonchev–Trinajstić information content (AvgIpc) is 3.36. The number of nitrogens with one attached hydrogen (secondary N) is 3. The molecule has 160 valence electrons. The summed E-state index contributed by atoms with van der Waals surface area (Å²) in [4.78, 5) is 16.1. The third-order valence-electron chi connectivity index (χ3n) is 5.51. The van der Waals surface area contributed by atoms with Crippen molar-refractivity contribution in [1.82, 2.24) is 24.9 Å². The smallest absolute Gasteiger partial charge is 0.368 e. The molecule has 10 heteroatoms. The first-order valence-corrected chi connectivity index (χ1v) is 10.00. The van der Waals surface area contributed by atoms with Crippen LogP contribution in [0.4, 0.5) is 19.0 Å². The number of carbonyl (C=O) groups excluding carboxylic acids is 1. The molecule has 1 aliphatic rings. The Morgan fingerprint density at radius 1 is 1.23 bits per heavy atom. The minimum absolute atomic E-state index is 0.0658. The van der Waals surface area contributed by atoms with Crippen molar-refractivity contribution < 1.29 is 18.0 Å². The van der Waals surface area contributed by atoms with Crippen LogP contribution in [-0.2, 0) is 12.6 Å². The van der Waals surface area contributed by atoms with Crippen LogP contribution >= 0.6 is 0 Å². The highest BCUT2D eigenvalue weighted by molar-refractivity contribution is 5.95. The van der Waals surface area contributed by atoms with Gasteiger partial charge in [0.05, 0.1) is 11.8 Å². The number of H-pyrrole nitrogens is 1. The molecule has 30 heavy (non-hydrogen) atoms. The van der Waals surface area contributed by atoms with Crippen LogP contribution in [0.5, 0.6) is 0 Å². The summed E-state index contributed by atoms with van der Waals surface area (Å²) in [6.07, 6.45) is 1.96. The number of anilines is 1. The molecule has 0 radical (unpaired) electrons. The van der Waals surface area contributed by atoms with Crippen LogP contribution in [0.15, 0.2) is 30.6 Å². The predicted molar refractivity (Wildman–Crippen MR) is 105 cm³/mol. The zero-order valence-corrected chi connectivity index (χ0v) is 16.5. The summed E-state index contributed by atoms with van der Waals surface area (Å²) in [6, 6.07) is 5.16. The molecule has 0 atom stereocenters. The molecule has 0 bridgehead atoms. The number of aromatic nitrogens is 4. The Kier molecular flexibility index (Phi) is 5.40. The van der Waals surface area contributed by atoms with E-state index < -0.39 is 11.9 Å². The highest BCUT2D eigenvalue weighted by Crippen LogP contribution is 2.30. The van der Waals surface area contributed by atoms with Gasteiger partial charge in [-0.2, -0.15) is 18.3 Å². The fourth-order valence-corrected chi connectivity index (χ4v) is 3.90. The maximum atomic E-state index is 13.0. The molecule has 1 fully saturated rings. The number of aromatic amines is 1. The Morgan fingerprint density at radius 2 is 1.97 bits per heavy atom. The molecular formula is C20H23F3N6O. The van der Waals surface area contributed by atoms with Gasteiger partial charge in [-0.25, -0.2) is 4.98 Å². The van der Waals surface area contributed by atoms with Gasteiger partial charge in [-0.05, 0) is 44.2 Å². The number of amides is 1. The summed E-state index contributed by atoms with van der Waals surface area (Å²) in [5, 5.41) is 13.2. The van der Waals surface area contributed by atoms with Gasteiger partial charge >= 0.3 is 6.18 Å². The van der Waals surface area contributed by atoms with Crippen LogP contribution in [0.1, 0.15) is 54.4 Å². The van der Waals surface area contributed by atoms with Crippen molar-refractivity contribution in [3.63, 3.8) is 0 Å². The summed E-state index contributed by atoms with van der Waals surface area (Å²) >= 11 is 0. The van der Waals surface area contributed by atoms with Crippen molar-refractivity contribution in [2.24, 2.45) is 0 Å². The maximum absolute atomic E-state index is 13.0. The highest BCUT2D eigenvalue weighted by Gasteiger charge is 2.34. The molecule has 0 saturated heterocycles. The van der Waals surface area contributed by atoms with Crippen LogP contribution in [0, 0.1) is 0 Å². The van der Waals surface area contributed by atoms with Gasteiger partial charge in [0.15, 0.2) is 5.69 Å². The highest BCUT2D eigenvalue weighted by atomic mass is 19.4. The second-order valence-electron chi connectivity index (χ2n) is 7.55. The Labute approximate surface area is 171 Å². The average molecular weight is 420 g/mol. The van der Waals surface area contributed by atoms with Crippen molar-refractivity contribution in [2.75, 3.05) is 5.32 Å². The first-order valence-electron chi connectivity index (χ1n) is 10.00. The summed E-state index contributed by atoms with van der Waals surface area (Å²) in [7, 11) is 0. The molecule has 3 heterocycles. The molecule has 1 saturated carbocycles. The van der Waals surface area contributed by atoms with Crippen LogP contribution in [0.3, 0.4) is 0 Å². The van der Waals surface area contributed by atoms with Crippen molar-refractivity contribution >= 4 is 17.4 Å². The SMILES string of the molecule is CCc1[nH]ncc1C(=O)NC1CCC(Nc2cccc3nc(C(F)(F)F)cn23)CC1. The van der Waals surface area contributed by atoms with E-state index in [-0.39, 0.29) is 23.6 Å². The van der Waals surface area contributed by atoms with E-state index in [1.807, 2.05) is 6.92 Å². The lowest BCUT2D eigenvalue weighted by Gasteiger charge is -2.30. The van der Waals surface area contributed by atoms with E-state index in [0.717, 1.165) is 37.6 Å². The number of imidazole rings is 1. The monoisotopic (exact) mass is 420 g/mol. The molecule has 1 aliphatic carbocycles. The molecule has 0 aliphatic heterocycles. The fourth-order valence-electron chi connectivity index (χ4n) is 3.90. The maximum Gasteiger partial charge on any atom is 0.434 e. The summed E-state index contributed by atoms with van der Waals surface area (Å²) in [6.45, 7) is 1.96. The van der Waals surface area contributed by atoms with E-state index in [2.05, 4.69) is 25.8 Å². The second kappa shape index (κ2) is 8.00. The minimum atomic E-state index is -4.48. The summed E-state index contributed by atoms with van der Waals surface area (Å²) in [5.41, 5.74) is 0.730. The zero-order valence-electron chi connectivity index (χ0n) is 16.5. The van der Waals surface area contributed by atoms with Crippen LogP contribution < -0.4 is 10.6 Å². The number of hydrogen-bond acceptors (Lipinski definition) is 4. The van der Waals surface area contributed by atoms with Gasteiger partial charge < -0.3 is 10.6 Å². The van der Waals surface area contributed by atoms with E-state index >= 15 is 0 Å². The Bertz CT molecular complexity index is 1030. The largest absolute Gasteiger partial charge is 0.434 e. The Hall–Kier alpha value is -3.04. The number of carbonyl (C=O) groups is 1. The number of nitrogens with zero attached hydrogens (tertiary/aromatic N) is 3.